The van der Waals surface area contributed by atoms with Crippen molar-refractivity contribution in [1.29, 1.82) is 0 Å². The SMILES string of the molecule is Cc1[nH]c(C(=O)OCC(=O)Nc2ccc(N3CCOCC3)cc2)c(C)c1C(=O)OC(C)C. The summed E-state index contributed by atoms with van der Waals surface area (Å²) in [5.74, 6) is -1.69. The number of aromatic nitrogens is 1. The number of esters is 2. The smallest absolute Gasteiger partial charge is 0.355 e. The number of aromatic amines is 1. The van der Waals surface area contributed by atoms with Gasteiger partial charge >= 0.3 is 11.9 Å². The molecule has 0 atom stereocenters. The molecule has 3 rings (SSSR count). The van der Waals surface area contributed by atoms with Crippen molar-refractivity contribution in [2.75, 3.05) is 43.1 Å². The average molecular weight is 444 g/mol. The van der Waals surface area contributed by atoms with Crippen molar-refractivity contribution in [3.05, 3.63) is 46.8 Å². The van der Waals surface area contributed by atoms with Crippen LogP contribution in [-0.2, 0) is 19.0 Å². The summed E-state index contributed by atoms with van der Waals surface area (Å²) in [4.78, 5) is 42.0. The molecule has 1 aliphatic rings. The van der Waals surface area contributed by atoms with E-state index in [-0.39, 0.29) is 11.8 Å². The number of anilines is 2. The van der Waals surface area contributed by atoms with E-state index < -0.39 is 24.5 Å². The summed E-state index contributed by atoms with van der Waals surface area (Å²) in [6, 6.07) is 7.46. The van der Waals surface area contributed by atoms with Gasteiger partial charge in [-0.05, 0) is 57.5 Å². The number of ether oxygens (including phenoxy) is 3. The molecular formula is C23H29N3O6. The van der Waals surface area contributed by atoms with Crippen LogP contribution in [0.4, 0.5) is 11.4 Å². The van der Waals surface area contributed by atoms with Gasteiger partial charge in [0.15, 0.2) is 6.61 Å². The Kier molecular flexibility index (Phi) is 7.53. The van der Waals surface area contributed by atoms with E-state index in [0.717, 1.165) is 18.8 Å². The number of morpholine rings is 1. The number of nitrogens with zero attached hydrogens (tertiary/aromatic N) is 1. The number of carbonyl (C=O) groups is 3. The number of nitrogens with one attached hydrogen (secondary N) is 2. The van der Waals surface area contributed by atoms with Gasteiger partial charge in [-0.1, -0.05) is 0 Å². The number of rotatable bonds is 7. The summed E-state index contributed by atoms with van der Waals surface area (Å²) in [5, 5.41) is 2.71. The highest BCUT2D eigenvalue weighted by Crippen LogP contribution is 2.21. The summed E-state index contributed by atoms with van der Waals surface area (Å²) in [7, 11) is 0. The fourth-order valence-corrected chi connectivity index (χ4v) is 3.51. The first-order valence-electron chi connectivity index (χ1n) is 10.6. The fraction of sp³-hybridized carbons (Fsp3) is 0.435. The van der Waals surface area contributed by atoms with Crippen LogP contribution in [0.25, 0.3) is 0 Å². The van der Waals surface area contributed by atoms with Crippen molar-refractivity contribution in [1.82, 2.24) is 4.98 Å². The number of H-pyrrole nitrogens is 1. The van der Waals surface area contributed by atoms with Crippen LogP contribution in [0, 0.1) is 13.8 Å². The molecule has 0 unspecified atom stereocenters. The summed E-state index contributed by atoms with van der Waals surface area (Å²) >= 11 is 0. The van der Waals surface area contributed by atoms with Gasteiger partial charge in [0.2, 0.25) is 0 Å². The molecule has 1 aromatic carbocycles. The Morgan fingerprint density at radius 3 is 2.38 bits per heavy atom. The monoisotopic (exact) mass is 443 g/mol. The maximum Gasteiger partial charge on any atom is 0.355 e. The summed E-state index contributed by atoms with van der Waals surface area (Å²) in [5.41, 5.74) is 3.02. The van der Waals surface area contributed by atoms with E-state index in [2.05, 4.69) is 15.2 Å². The maximum atomic E-state index is 12.5. The molecule has 1 fully saturated rings. The van der Waals surface area contributed by atoms with Crippen molar-refractivity contribution >= 4 is 29.2 Å². The zero-order chi connectivity index (χ0) is 23.3. The van der Waals surface area contributed by atoms with Crippen LogP contribution >= 0.6 is 0 Å². The Bertz CT molecular complexity index is 974. The molecule has 1 amide bonds. The van der Waals surface area contributed by atoms with E-state index in [1.54, 1.807) is 39.8 Å². The minimum absolute atomic E-state index is 0.126. The lowest BCUT2D eigenvalue weighted by atomic mass is 10.1. The molecule has 2 heterocycles. The fourth-order valence-electron chi connectivity index (χ4n) is 3.51. The highest BCUT2D eigenvalue weighted by Gasteiger charge is 2.25. The van der Waals surface area contributed by atoms with Gasteiger partial charge in [-0.3, -0.25) is 4.79 Å². The number of benzene rings is 1. The molecule has 0 spiro atoms. The van der Waals surface area contributed by atoms with E-state index in [1.165, 1.54) is 0 Å². The first kappa shape index (κ1) is 23.3. The minimum Gasteiger partial charge on any atom is -0.459 e. The summed E-state index contributed by atoms with van der Waals surface area (Å²) in [6.07, 6.45) is -0.279. The van der Waals surface area contributed by atoms with Gasteiger partial charge in [0, 0.05) is 30.2 Å². The van der Waals surface area contributed by atoms with E-state index in [4.69, 9.17) is 14.2 Å². The van der Waals surface area contributed by atoms with Crippen LogP contribution < -0.4 is 10.2 Å². The van der Waals surface area contributed by atoms with Crippen molar-refractivity contribution in [3.8, 4) is 0 Å². The number of aryl methyl sites for hydroxylation is 1. The van der Waals surface area contributed by atoms with Crippen LogP contribution in [-0.4, -0.2) is 61.8 Å². The standard InChI is InChI=1S/C23H29N3O6/c1-14(2)32-22(28)20-15(3)21(24-16(20)4)23(29)31-13-19(27)25-17-5-7-18(8-6-17)26-9-11-30-12-10-26/h5-8,14,24H,9-13H2,1-4H3,(H,25,27). The zero-order valence-electron chi connectivity index (χ0n) is 18.8. The van der Waals surface area contributed by atoms with Gasteiger partial charge in [-0.25, -0.2) is 9.59 Å². The van der Waals surface area contributed by atoms with Crippen LogP contribution in [0.3, 0.4) is 0 Å². The molecule has 0 saturated carbocycles. The maximum absolute atomic E-state index is 12.5. The number of hydrogen-bond donors (Lipinski definition) is 2. The second-order valence-electron chi connectivity index (χ2n) is 7.85. The third-order valence-corrected chi connectivity index (χ3v) is 5.05. The summed E-state index contributed by atoms with van der Waals surface area (Å²) < 4.78 is 15.7. The van der Waals surface area contributed by atoms with E-state index in [0.29, 0.717) is 35.7 Å². The Hall–Kier alpha value is -3.33. The Balaban J connectivity index is 1.55. The molecule has 0 bridgehead atoms. The predicted molar refractivity (Wildman–Crippen MR) is 119 cm³/mol. The van der Waals surface area contributed by atoms with Crippen LogP contribution in [0.15, 0.2) is 24.3 Å². The molecule has 0 radical (unpaired) electrons. The predicted octanol–water partition coefficient (Wildman–Crippen LogP) is 2.83. The van der Waals surface area contributed by atoms with E-state index in [1.807, 2.05) is 12.1 Å². The lowest BCUT2D eigenvalue weighted by Crippen LogP contribution is -2.36. The second-order valence-corrected chi connectivity index (χ2v) is 7.85. The zero-order valence-corrected chi connectivity index (χ0v) is 18.8. The number of carbonyl (C=O) groups excluding carboxylic acids is 3. The molecule has 1 aliphatic heterocycles. The van der Waals surface area contributed by atoms with Gasteiger partial charge in [0.25, 0.3) is 5.91 Å². The molecule has 32 heavy (non-hydrogen) atoms. The topological polar surface area (TPSA) is 110 Å². The Morgan fingerprint density at radius 1 is 1.09 bits per heavy atom. The number of amides is 1. The highest BCUT2D eigenvalue weighted by molar-refractivity contribution is 6.00. The lowest BCUT2D eigenvalue weighted by molar-refractivity contribution is -0.119. The van der Waals surface area contributed by atoms with Crippen LogP contribution in [0.2, 0.25) is 0 Å². The number of hydrogen-bond acceptors (Lipinski definition) is 7. The van der Waals surface area contributed by atoms with Crippen molar-refractivity contribution in [2.24, 2.45) is 0 Å². The van der Waals surface area contributed by atoms with Gasteiger partial charge < -0.3 is 29.4 Å². The normalized spacial score (nSPS) is 13.7. The third-order valence-electron chi connectivity index (χ3n) is 5.05. The molecule has 9 heteroatoms. The average Bonchev–Trinajstić information content (AvgIpc) is 3.06. The Morgan fingerprint density at radius 2 is 1.75 bits per heavy atom. The first-order chi connectivity index (χ1) is 15.3. The van der Waals surface area contributed by atoms with Gasteiger partial charge in [-0.15, -0.1) is 0 Å². The largest absolute Gasteiger partial charge is 0.459 e. The van der Waals surface area contributed by atoms with Crippen LogP contribution in [0.5, 0.6) is 0 Å². The minimum atomic E-state index is -0.716. The van der Waals surface area contributed by atoms with Gasteiger partial charge in [-0.2, -0.15) is 0 Å². The summed E-state index contributed by atoms with van der Waals surface area (Å²) in [6.45, 7) is 9.41. The Labute approximate surface area is 187 Å². The quantitative estimate of drug-likeness (QED) is 0.633. The lowest BCUT2D eigenvalue weighted by Gasteiger charge is -2.28. The molecule has 1 saturated heterocycles. The first-order valence-corrected chi connectivity index (χ1v) is 10.6. The van der Waals surface area contributed by atoms with Gasteiger partial charge in [0.1, 0.15) is 5.69 Å². The van der Waals surface area contributed by atoms with Gasteiger partial charge in [0.05, 0.1) is 24.9 Å². The molecule has 2 N–H and O–H groups in total. The molecule has 172 valence electrons. The van der Waals surface area contributed by atoms with E-state index >= 15 is 0 Å². The van der Waals surface area contributed by atoms with Crippen LogP contribution in [0.1, 0.15) is 46.0 Å². The van der Waals surface area contributed by atoms with Crippen molar-refractivity contribution < 1.29 is 28.6 Å². The van der Waals surface area contributed by atoms with Crippen molar-refractivity contribution in [3.63, 3.8) is 0 Å². The molecule has 2 aromatic rings. The third kappa shape index (κ3) is 5.67. The van der Waals surface area contributed by atoms with E-state index in [9.17, 15) is 14.4 Å². The van der Waals surface area contributed by atoms with Crippen molar-refractivity contribution in [2.45, 2.75) is 33.8 Å². The molecule has 9 nitrogen and oxygen atoms in total. The molecule has 1 aromatic heterocycles. The highest BCUT2D eigenvalue weighted by atomic mass is 16.5. The molecule has 0 aliphatic carbocycles. The molecular weight excluding hydrogens is 414 g/mol. The second kappa shape index (κ2) is 10.3.